The summed E-state index contributed by atoms with van der Waals surface area (Å²) in [6.45, 7) is 3.96. The molecule has 5 nitrogen and oxygen atoms in total. The SMILES string of the molecule is Cc1ccc(-c2nc(N)[nH]c2C(=O)O)cc1C. The van der Waals surface area contributed by atoms with Gasteiger partial charge in [-0.15, -0.1) is 0 Å². The van der Waals surface area contributed by atoms with Crippen LogP contribution < -0.4 is 5.73 Å². The summed E-state index contributed by atoms with van der Waals surface area (Å²) in [7, 11) is 0. The highest BCUT2D eigenvalue weighted by Gasteiger charge is 2.17. The highest BCUT2D eigenvalue weighted by Crippen LogP contribution is 2.24. The summed E-state index contributed by atoms with van der Waals surface area (Å²) in [4.78, 5) is 17.6. The van der Waals surface area contributed by atoms with Crippen molar-refractivity contribution in [2.75, 3.05) is 5.73 Å². The van der Waals surface area contributed by atoms with Crippen molar-refractivity contribution in [2.24, 2.45) is 0 Å². The number of aromatic nitrogens is 2. The number of hydrogen-bond donors (Lipinski definition) is 3. The molecule has 0 fully saturated rings. The van der Waals surface area contributed by atoms with Crippen LogP contribution >= 0.6 is 0 Å². The van der Waals surface area contributed by atoms with Crippen LogP contribution in [0.4, 0.5) is 5.95 Å². The summed E-state index contributed by atoms with van der Waals surface area (Å²) in [5.41, 5.74) is 8.86. The summed E-state index contributed by atoms with van der Waals surface area (Å²) in [5.74, 6) is -0.960. The number of aromatic carboxylic acids is 1. The standard InChI is InChI=1S/C12H13N3O2/c1-6-3-4-8(5-7(6)2)9-10(11(16)17)15-12(13)14-9/h3-5H,1-2H3,(H,16,17)(H3,13,14,15). The molecule has 0 aliphatic rings. The fourth-order valence-corrected chi connectivity index (χ4v) is 1.64. The molecule has 0 saturated carbocycles. The second-order valence-corrected chi connectivity index (χ2v) is 3.95. The van der Waals surface area contributed by atoms with E-state index in [-0.39, 0.29) is 11.6 Å². The van der Waals surface area contributed by atoms with Gasteiger partial charge in [0, 0.05) is 5.56 Å². The second kappa shape index (κ2) is 3.93. The van der Waals surface area contributed by atoms with E-state index in [1.807, 2.05) is 32.0 Å². The monoisotopic (exact) mass is 231 g/mol. The van der Waals surface area contributed by atoms with E-state index in [1.165, 1.54) is 0 Å². The molecular formula is C12H13N3O2. The lowest BCUT2D eigenvalue weighted by atomic mass is 10.0. The zero-order valence-electron chi connectivity index (χ0n) is 9.61. The van der Waals surface area contributed by atoms with Crippen molar-refractivity contribution in [3.8, 4) is 11.3 Å². The molecule has 2 aromatic rings. The van der Waals surface area contributed by atoms with E-state index in [2.05, 4.69) is 9.97 Å². The summed E-state index contributed by atoms with van der Waals surface area (Å²) in [5, 5.41) is 9.04. The summed E-state index contributed by atoms with van der Waals surface area (Å²) in [6, 6.07) is 5.67. The van der Waals surface area contributed by atoms with Gasteiger partial charge in [-0.2, -0.15) is 0 Å². The molecule has 0 atom stereocenters. The zero-order valence-corrected chi connectivity index (χ0v) is 9.61. The molecule has 1 heterocycles. The number of rotatable bonds is 2. The average Bonchev–Trinajstić information content (AvgIpc) is 2.64. The summed E-state index contributed by atoms with van der Waals surface area (Å²) >= 11 is 0. The molecule has 0 radical (unpaired) electrons. The first-order valence-corrected chi connectivity index (χ1v) is 5.15. The first-order valence-electron chi connectivity index (χ1n) is 5.15. The van der Waals surface area contributed by atoms with Gasteiger partial charge in [0.1, 0.15) is 5.69 Å². The predicted octanol–water partition coefficient (Wildman–Crippen LogP) is 1.97. The Balaban J connectivity index is 2.59. The Kier molecular flexibility index (Phi) is 2.59. The van der Waals surface area contributed by atoms with E-state index in [4.69, 9.17) is 10.8 Å². The van der Waals surface area contributed by atoms with E-state index < -0.39 is 5.97 Å². The molecule has 88 valence electrons. The van der Waals surface area contributed by atoms with Crippen molar-refractivity contribution in [2.45, 2.75) is 13.8 Å². The number of carboxylic acids is 1. The van der Waals surface area contributed by atoms with Crippen LogP contribution in [-0.2, 0) is 0 Å². The minimum Gasteiger partial charge on any atom is -0.477 e. The zero-order chi connectivity index (χ0) is 12.6. The van der Waals surface area contributed by atoms with Gasteiger partial charge in [0.05, 0.1) is 0 Å². The number of nitrogens with two attached hydrogens (primary N) is 1. The van der Waals surface area contributed by atoms with Gasteiger partial charge in [-0.25, -0.2) is 9.78 Å². The highest BCUT2D eigenvalue weighted by atomic mass is 16.4. The van der Waals surface area contributed by atoms with Crippen LogP contribution in [0.15, 0.2) is 18.2 Å². The molecule has 0 bridgehead atoms. The Morgan fingerprint density at radius 2 is 2.06 bits per heavy atom. The number of anilines is 1. The van der Waals surface area contributed by atoms with Gasteiger partial charge in [-0.1, -0.05) is 12.1 Å². The average molecular weight is 231 g/mol. The molecule has 0 unspecified atom stereocenters. The molecule has 0 aliphatic heterocycles. The van der Waals surface area contributed by atoms with Crippen LogP contribution in [-0.4, -0.2) is 21.0 Å². The summed E-state index contributed by atoms with van der Waals surface area (Å²) in [6.07, 6.45) is 0. The van der Waals surface area contributed by atoms with Gasteiger partial charge in [0.2, 0.25) is 0 Å². The smallest absolute Gasteiger partial charge is 0.354 e. The van der Waals surface area contributed by atoms with Crippen LogP contribution in [0.1, 0.15) is 21.6 Å². The lowest BCUT2D eigenvalue weighted by Gasteiger charge is -2.03. The van der Waals surface area contributed by atoms with E-state index in [0.717, 1.165) is 16.7 Å². The molecule has 1 aromatic carbocycles. The van der Waals surface area contributed by atoms with E-state index in [9.17, 15) is 4.79 Å². The Bertz CT molecular complexity index is 587. The lowest BCUT2D eigenvalue weighted by molar-refractivity contribution is 0.0692. The minimum absolute atomic E-state index is 0.0192. The Morgan fingerprint density at radius 1 is 1.35 bits per heavy atom. The number of H-pyrrole nitrogens is 1. The van der Waals surface area contributed by atoms with E-state index in [0.29, 0.717) is 5.69 Å². The van der Waals surface area contributed by atoms with Crippen molar-refractivity contribution in [3.63, 3.8) is 0 Å². The number of carboxylic acid groups (broad SMARTS) is 1. The number of hydrogen-bond acceptors (Lipinski definition) is 3. The number of carbonyl (C=O) groups is 1. The van der Waals surface area contributed by atoms with Crippen LogP contribution in [0.25, 0.3) is 11.3 Å². The molecule has 0 amide bonds. The van der Waals surface area contributed by atoms with Gasteiger partial charge in [0.25, 0.3) is 0 Å². The van der Waals surface area contributed by atoms with Crippen LogP contribution in [0.3, 0.4) is 0 Å². The minimum atomic E-state index is -1.07. The number of nitrogens with zero attached hydrogens (tertiary/aromatic N) is 1. The third kappa shape index (κ3) is 1.99. The van der Waals surface area contributed by atoms with Crippen molar-refractivity contribution in [3.05, 3.63) is 35.0 Å². The second-order valence-electron chi connectivity index (χ2n) is 3.95. The van der Waals surface area contributed by atoms with Crippen LogP contribution in [0, 0.1) is 13.8 Å². The predicted molar refractivity (Wildman–Crippen MR) is 64.9 cm³/mol. The maximum absolute atomic E-state index is 11.0. The third-order valence-electron chi connectivity index (χ3n) is 2.72. The molecule has 1 aromatic heterocycles. The molecule has 0 saturated heterocycles. The molecule has 2 rings (SSSR count). The third-order valence-corrected chi connectivity index (χ3v) is 2.72. The molecule has 5 heteroatoms. The van der Waals surface area contributed by atoms with Crippen LogP contribution in [0.2, 0.25) is 0 Å². The molecule has 0 aliphatic carbocycles. The fraction of sp³-hybridized carbons (Fsp3) is 0.167. The number of benzene rings is 1. The van der Waals surface area contributed by atoms with Crippen molar-refractivity contribution in [1.29, 1.82) is 0 Å². The van der Waals surface area contributed by atoms with Gasteiger partial charge in [-0.05, 0) is 31.0 Å². The largest absolute Gasteiger partial charge is 0.477 e. The number of imidazole rings is 1. The van der Waals surface area contributed by atoms with Crippen molar-refractivity contribution < 1.29 is 9.90 Å². The first-order chi connectivity index (χ1) is 7.99. The molecule has 4 N–H and O–H groups in total. The first kappa shape index (κ1) is 11.2. The molecule has 0 spiro atoms. The van der Waals surface area contributed by atoms with Crippen LogP contribution in [0.5, 0.6) is 0 Å². The maximum Gasteiger partial charge on any atom is 0.354 e. The fourth-order valence-electron chi connectivity index (χ4n) is 1.64. The number of aromatic amines is 1. The van der Waals surface area contributed by atoms with E-state index in [1.54, 1.807) is 0 Å². The van der Waals surface area contributed by atoms with Gasteiger partial charge in [0.15, 0.2) is 11.6 Å². The lowest BCUT2D eigenvalue weighted by Crippen LogP contribution is -1.99. The molecular weight excluding hydrogens is 218 g/mol. The van der Waals surface area contributed by atoms with Gasteiger partial charge >= 0.3 is 5.97 Å². The summed E-state index contributed by atoms with van der Waals surface area (Å²) < 4.78 is 0. The number of aryl methyl sites for hydroxylation is 2. The van der Waals surface area contributed by atoms with Gasteiger partial charge < -0.3 is 15.8 Å². The van der Waals surface area contributed by atoms with Gasteiger partial charge in [-0.3, -0.25) is 0 Å². The topological polar surface area (TPSA) is 92.0 Å². The Hall–Kier alpha value is -2.30. The normalized spacial score (nSPS) is 10.5. The highest BCUT2D eigenvalue weighted by molar-refractivity contribution is 5.93. The number of nitrogens with one attached hydrogen (secondary N) is 1. The Labute approximate surface area is 98.3 Å². The van der Waals surface area contributed by atoms with Crippen molar-refractivity contribution in [1.82, 2.24) is 9.97 Å². The quantitative estimate of drug-likeness (QED) is 0.736. The molecule has 17 heavy (non-hydrogen) atoms. The van der Waals surface area contributed by atoms with E-state index >= 15 is 0 Å². The number of nitrogen functional groups attached to an aromatic ring is 1. The van der Waals surface area contributed by atoms with Crippen molar-refractivity contribution >= 4 is 11.9 Å². The Morgan fingerprint density at radius 3 is 2.65 bits per heavy atom. The maximum atomic E-state index is 11.0.